The standard InChI is InChI=1S/C17H25NO2/c1-13-6-7-15(11-14(13)2)17(19)12-20-10-8-16-5-3-4-9-18-16/h6-7,11,16,18H,3-5,8-10,12H2,1-2H3. The monoisotopic (exact) mass is 275 g/mol. The summed E-state index contributed by atoms with van der Waals surface area (Å²) in [5.74, 6) is 0.0738. The highest BCUT2D eigenvalue weighted by molar-refractivity contribution is 5.97. The van der Waals surface area contributed by atoms with E-state index in [2.05, 4.69) is 12.2 Å². The first kappa shape index (κ1) is 15.2. The van der Waals surface area contributed by atoms with Crippen LogP contribution in [0, 0.1) is 13.8 Å². The van der Waals surface area contributed by atoms with E-state index in [1.165, 1.54) is 24.8 Å². The van der Waals surface area contributed by atoms with E-state index in [9.17, 15) is 4.79 Å². The molecule has 20 heavy (non-hydrogen) atoms. The van der Waals surface area contributed by atoms with Gasteiger partial charge in [-0.05, 0) is 56.8 Å². The van der Waals surface area contributed by atoms with Crippen LogP contribution in [0.3, 0.4) is 0 Å². The van der Waals surface area contributed by atoms with Crippen molar-refractivity contribution in [2.75, 3.05) is 19.8 Å². The summed E-state index contributed by atoms with van der Waals surface area (Å²) >= 11 is 0. The molecule has 1 saturated heterocycles. The molecule has 0 radical (unpaired) electrons. The molecule has 0 bridgehead atoms. The van der Waals surface area contributed by atoms with E-state index >= 15 is 0 Å². The van der Waals surface area contributed by atoms with E-state index in [1.54, 1.807) is 0 Å². The summed E-state index contributed by atoms with van der Waals surface area (Å²) < 4.78 is 5.53. The molecule has 1 aliphatic heterocycles. The summed E-state index contributed by atoms with van der Waals surface area (Å²) in [7, 11) is 0. The molecule has 0 aliphatic carbocycles. The maximum atomic E-state index is 12.0. The average Bonchev–Trinajstić information content (AvgIpc) is 2.47. The highest BCUT2D eigenvalue weighted by Gasteiger charge is 2.12. The lowest BCUT2D eigenvalue weighted by atomic mass is 10.0. The minimum absolute atomic E-state index is 0.0738. The number of aryl methyl sites for hydroxylation is 2. The van der Waals surface area contributed by atoms with Crippen LogP contribution in [0.25, 0.3) is 0 Å². The molecular weight excluding hydrogens is 250 g/mol. The van der Waals surface area contributed by atoms with Crippen molar-refractivity contribution in [2.45, 2.75) is 45.6 Å². The van der Waals surface area contributed by atoms with Gasteiger partial charge in [0.05, 0.1) is 0 Å². The zero-order valence-corrected chi connectivity index (χ0v) is 12.6. The maximum Gasteiger partial charge on any atom is 0.188 e. The second-order valence-electron chi connectivity index (χ2n) is 5.71. The second-order valence-corrected chi connectivity index (χ2v) is 5.71. The van der Waals surface area contributed by atoms with Gasteiger partial charge in [-0.25, -0.2) is 0 Å². The third-order valence-corrected chi connectivity index (χ3v) is 4.09. The largest absolute Gasteiger partial charge is 0.373 e. The Morgan fingerprint density at radius 2 is 2.15 bits per heavy atom. The van der Waals surface area contributed by atoms with Crippen LogP contribution in [0.5, 0.6) is 0 Å². The van der Waals surface area contributed by atoms with E-state index in [0.717, 1.165) is 24.1 Å². The summed E-state index contributed by atoms with van der Waals surface area (Å²) in [5, 5.41) is 3.49. The molecule has 0 amide bonds. The predicted octanol–water partition coefficient (Wildman–Crippen LogP) is 3.03. The van der Waals surface area contributed by atoms with E-state index < -0.39 is 0 Å². The number of nitrogens with one attached hydrogen (secondary N) is 1. The summed E-state index contributed by atoms with van der Waals surface area (Å²) in [5.41, 5.74) is 3.12. The molecule has 1 unspecified atom stereocenters. The Morgan fingerprint density at radius 1 is 1.30 bits per heavy atom. The number of carbonyl (C=O) groups excluding carboxylic acids is 1. The van der Waals surface area contributed by atoms with E-state index in [1.807, 2.05) is 25.1 Å². The molecule has 1 heterocycles. The van der Waals surface area contributed by atoms with Gasteiger partial charge in [0.1, 0.15) is 6.61 Å². The van der Waals surface area contributed by atoms with Gasteiger partial charge in [-0.1, -0.05) is 18.6 Å². The maximum absolute atomic E-state index is 12.0. The summed E-state index contributed by atoms with van der Waals surface area (Å²) in [6.07, 6.45) is 4.82. The first-order valence-corrected chi connectivity index (χ1v) is 7.58. The molecule has 1 aromatic carbocycles. The number of rotatable bonds is 6. The molecule has 3 nitrogen and oxygen atoms in total. The van der Waals surface area contributed by atoms with Crippen LogP contribution in [0.2, 0.25) is 0 Å². The van der Waals surface area contributed by atoms with Crippen molar-refractivity contribution in [3.63, 3.8) is 0 Å². The van der Waals surface area contributed by atoms with Gasteiger partial charge < -0.3 is 10.1 Å². The van der Waals surface area contributed by atoms with Gasteiger partial charge >= 0.3 is 0 Å². The third-order valence-electron chi connectivity index (χ3n) is 4.09. The van der Waals surface area contributed by atoms with E-state index in [-0.39, 0.29) is 12.4 Å². The zero-order chi connectivity index (χ0) is 14.4. The highest BCUT2D eigenvalue weighted by Crippen LogP contribution is 2.12. The quantitative estimate of drug-likeness (QED) is 0.640. The molecule has 1 aliphatic rings. The number of hydrogen-bond acceptors (Lipinski definition) is 3. The van der Waals surface area contributed by atoms with Crippen LogP contribution in [0.15, 0.2) is 18.2 Å². The number of benzene rings is 1. The second kappa shape index (κ2) is 7.55. The van der Waals surface area contributed by atoms with Crippen LogP contribution in [-0.2, 0) is 4.74 Å². The van der Waals surface area contributed by atoms with Crippen molar-refractivity contribution in [1.29, 1.82) is 0 Å². The Bertz CT molecular complexity index is 450. The average molecular weight is 275 g/mol. The molecule has 1 fully saturated rings. The fraction of sp³-hybridized carbons (Fsp3) is 0.588. The van der Waals surface area contributed by atoms with Crippen molar-refractivity contribution < 1.29 is 9.53 Å². The van der Waals surface area contributed by atoms with Gasteiger partial charge in [-0.15, -0.1) is 0 Å². The minimum Gasteiger partial charge on any atom is -0.373 e. The number of piperidine rings is 1. The number of ketones is 1. The first-order chi connectivity index (χ1) is 9.66. The number of Topliss-reactive ketones (excluding diaryl/α,β-unsaturated/α-hetero) is 1. The smallest absolute Gasteiger partial charge is 0.188 e. The van der Waals surface area contributed by atoms with Crippen molar-refractivity contribution in [2.24, 2.45) is 0 Å². The van der Waals surface area contributed by atoms with Gasteiger partial charge in [0.15, 0.2) is 5.78 Å². The topological polar surface area (TPSA) is 38.3 Å². The Morgan fingerprint density at radius 3 is 2.85 bits per heavy atom. The van der Waals surface area contributed by atoms with Crippen molar-refractivity contribution in [1.82, 2.24) is 5.32 Å². The van der Waals surface area contributed by atoms with Crippen LogP contribution in [0.1, 0.15) is 47.2 Å². The molecule has 1 N–H and O–H groups in total. The fourth-order valence-corrected chi connectivity index (χ4v) is 2.56. The number of ether oxygens (including phenoxy) is 1. The van der Waals surface area contributed by atoms with Crippen molar-refractivity contribution in [3.05, 3.63) is 34.9 Å². The third kappa shape index (κ3) is 4.43. The Balaban J connectivity index is 1.70. The summed E-state index contributed by atoms with van der Waals surface area (Å²) in [6.45, 7) is 6.05. The van der Waals surface area contributed by atoms with Gasteiger partial charge in [0.25, 0.3) is 0 Å². The summed E-state index contributed by atoms with van der Waals surface area (Å²) in [6, 6.07) is 6.40. The molecule has 0 saturated carbocycles. The Labute approximate surface area is 121 Å². The molecule has 0 aromatic heterocycles. The van der Waals surface area contributed by atoms with Crippen LogP contribution >= 0.6 is 0 Å². The summed E-state index contributed by atoms with van der Waals surface area (Å²) in [4.78, 5) is 12.0. The van der Waals surface area contributed by atoms with Crippen LogP contribution < -0.4 is 5.32 Å². The molecule has 1 atom stereocenters. The molecular formula is C17H25NO2. The number of carbonyl (C=O) groups is 1. The molecule has 3 heteroatoms. The van der Waals surface area contributed by atoms with Crippen molar-refractivity contribution in [3.8, 4) is 0 Å². The van der Waals surface area contributed by atoms with Gasteiger partial charge in [0, 0.05) is 18.2 Å². The molecule has 1 aromatic rings. The lowest BCUT2D eigenvalue weighted by molar-refractivity contribution is 0.0736. The first-order valence-electron chi connectivity index (χ1n) is 7.58. The fourth-order valence-electron chi connectivity index (χ4n) is 2.56. The van der Waals surface area contributed by atoms with Crippen molar-refractivity contribution >= 4 is 5.78 Å². The van der Waals surface area contributed by atoms with Crippen LogP contribution in [-0.4, -0.2) is 31.6 Å². The lowest BCUT2D eigenvalue weighted by Gasteiger charge is -2.23. The zero-order valence-electron chi connectivity index (χ0n) is 12.6. The Hall–Kier alpha value is -1.19. The van der Waals surface area contributed by atoms with Gasteiger partial charge in [-0.3, -0.25) is 4.79 Å². The van der Waals surface area contributed by atoms with E-state index in [4.69, 9.17) is 4.74 Å². The highest BCUT2D eigenvalue weighted by atomic mass is 16.5. The Kier molecular flexibility index (Phi) is 5.74. The van der Waals surface area contributed by atoms with Gasteiger partial charge in [-0.2, -0.15) is 0 Å². The molecule has 110 valence electrons. The molecule has 0 spiro atoms. The minimum atomic E-state index is 0.0738. The lowest BCUT2D eigenvalue weighted by Crippen LogP contribution is -2.34. The van der Waals surface area contributed by atoms with E-state index in [0.29, 0.717) is 12.6 Å². The van der Waals surface area contributed by atoms with Crippen LogP contribution in [0.4, 0.5) is 0 Å². The SMILES string of the molecule is Cc1ccc(C(=O)COCCC2CCCCN2)cc1C. The molecule has 2 rings (SSSR count). The number of hydrogen-bond donors (Lipinski definition) is 1. The van der Waals surface area contributed by atoms with Gasteiger partial charge in [0.2, 0.25) is 0 Å². The predicted molar refractivity (Wildman–Crippen MR) is 81.3 cm³/mol. The normalized spacial score (nSPS) is 19.0.